The van der Waals surface area contributed by atoms with Gasteiger partial charge < -0.3 is 5.11 Å². The molecule has 2 heterocycles. The smallest absolute Gasteiger partial charge is 0.341 e. The average molecular weight is 319 g/mol. The van der Waals surface area contributed by atoms with Crippen LogP contribution < -0.4 is 5.43 Å². The topological polar surface area (TPSA) is 72.2 Å². The van der Waals surface area contributed by atoms with Crippen molar-refractivity contribution >= 4 is 28.6 Å². The quantitative estimate of drug-likeness (QED) is 0.737. The van der Waals surface area contributed by atoms with Gasteiger partial charge in [-0.3, -0.25) is 9.36 Å². The van der Waals surface area contributed by atoms with Crippen molar-refractivity contribution in [1.82, 2.24) is 9.55 Å². The molecule has 0 spiro atoms. The van der Waals surface area contributed by atoms with Crippen molar-refractivity contribution in [3.05, 3.63) is 69.4 Å². The van der Waals surface area contributed by atoms with Crippen LogP contribution in [0.25, 0.3) is 16.7 Å². The Morgan fingerprint density at radius 1 is 1.23 bits per heavy atom. The molecule has 2 aromatic heterocycles. The number of hydrogen-bond donors (Lipinski definition) is 1. The lowest BCUT2D eigenvalue weighted by atomic mass is 10.2. The molecule has 7 heteroatoms. The van der Waals surface area contributed by atoms with Gasteiger partial charge >= 0.3 is 5.97 Å². The van der Waals surface area contributed by atoms with Crippen LogP contribution in [0.3, 0.4) is 0 Å². The van der Waals surface area contributed by atoms with Crippen LogP contribution in [-0.2, 0) is 0 Å². The number of nitrogens with zero attached hydrogens (tertiary/aromatic N) is 2. The van der Waals surface area contributed by atoms with Gasteiger partial charge in [0.1, 0.15) is 22.2 Å². The fraction of sp³-hybridized carbons (Fsp3) is 0. The molecule has 0 aliphatic rings. The standard InChI is InChI=1S/C15H8ClFN2O3/c16-12-6-5-8-13(20)9(15(21)22)7-19(14(8)18-12)11-4-2-1-3-10(11)17/h1-7H,(H,21,22). The fourth-order valence-corrected chi connectivity index (χ4v) is 2.31. The van der Waals surface area contributed by atoms with E-state index in [1.54, 1.807) is 6.07 Å². The Bertz CT molecular complexity index is 969. The minimum atomic E-state index is -1.40. The zero-order valence-corrected chi connectivity index (χ0v) is 11.7. The van der Waals surface area contributed by atoms with Crippen LogP contribution in [0.2, 0.25) is 5.15 Å². The van der Waals surface area contributed by atoms with Crippen molar-refractivity contribution in [2.45, 2.75) is 0 Å². The number of fused-ring (bicyclic) bond motifs is 1. The van der Waals surface area contributed by atoms with Crippen LogP contribution >= 0.6 is 11.6 Å². The molecule has 0 amide bonds. The van der Waals surface area contributed by atoms with Crippen LogP contribution in [-0.4, -0.2) is 20.6 Å². The van der Waals surface area contributed by atoms with E-state index in [2.05, 4.69) is 4.98 Å². The molecule has 0 saturated heterocycles. The zero-order valence-electron chi connectivity index (χ0n) is 11.0. The molecule has 3 rings (SSSR count). The molecule has 0 saturated carbocycles. The third-order valence-electron chi connectivity index (χ3n) is 3.16. The Hall–Kier alpha value is -2.73. The molecule has 0 atom stereocenters. The molecule has 1 N–H and O–H groups in total. The van der Waals surface area contributed by atoms with Gasteiger partial charge in [-0.15, -0.1) is 0 Å². The molecule has 22 heavy (non-hydrogen) atoms. The van der Waals surface area contributed by atoms with Crippen LogP contribution in [0.15, 0.2) is 47.4 Å². The lowest BCUT2D eigenvalue weighted by Gasteiger charge is -2.12. The molecule has 5 nitrogen and oxygen atoms in total. The van der Waals surface area contributed by atoms with Crippen molar-refractivity contribution in [2.24, 2.45) is 0 Å². The molecule has 110 valence electrons. The highest BCUT2D eigenvalue weighted by Crippen LogP contribution is 2.20. The number of carboxylic acids is 1. The summed E-state index contributed by atoms with van der Waals surface area (Å²) in [6.45, 7) is 0. The van der Waals surface area contributed by atoms with E-state index in [-0.39, 0.29) is 21.9 Å². The van der Waals surface area contributed by atoms with Crippen LogP contribution in [0.5, 0.6) is 0 Å². The van der Waals surface area contributed by atoms with E-state index in [1.165, 1.54) is 34.9 Å². The van der Waals surface area contributed by atoms with Crippen molar-refractivity contribution in [2.75, 3.05) is 0 Å². The fourth-order valence-electron chi connectivity index (χ4n) is 2.16. The first-order valence-electron chi connectivity index (χ1n) is 6.19. The van der Waals surface area contributed by atoms with E-state index >= 15 is 0 Å². The third-order valence-corrected chi connectivity index (χ3v) is 3.37. The highest BCUT2D eigenvalue weighted by Gasteiger charge is 2.17. The van der Waals surface area contributed by atoms with Crippen molar-refractivity contribution < 1.29 is 14.3 Å². The molecule has 0 bridgehead atoms. The maximum Gasteiger partial charge on any atom is 0.341 e. The Balaban J connectivity index is 2.50. The Labute approximate surface area is 128 Å². The number of rotatable bonds is 2. The second-order valence-corrected chi connectivity index (χ2v) is 4.89. The van der Waals surface area contributed by atoms with Gasteiger partial charge in [0.05, 0.1) is 11.1 Å². The van der Waals surface area contributed by atoms with E-state index < -0.39 is 22.8 Å². The summed E-state index contributed by atoms with van der Waals surface area (Å²) >= 11 is 5.84. The largest absolute Gasteiger partial charge is 0.477 e. The zero-order chi connectivity index (χ0) is 15.9. The predicted molar refractivity (Wildman–Crippen MR) is 79.3 cm³/mol. The van der Waals surface area contributed by atoms with Crippen LogP contribution in [0.4, 0.5) is 4.39 Å². The molecule has 0 fully saturated rings. The van der Waals surface area contributed by atoms with Crippen molar-refractivity contribution in [3.8, 4) is 5.69 Å². The summed E-state index contributed by atoms with van der Waals surface area (Å²) < 4.78 is 15.2. The molecular formula is C15H8ClFN2O3. The predicted octanol–water partition coefficient (Wildman–Crippen LogP) is 2.88. The summed E-state index contributed by atoms with van der Waals surface area (Å²) in [6, 6.07) is 8.52. The van der Waals surface area contributed by atoms with Crippen molar-refractivity contribution in [1.29, 1.82) is 0 Å². The molecule has 1 aromatic carbocycles. The van der Waals surface area contributed by atoms with Gasteiger partial charge in [-0.2, -0.15) is 0 Å². The van der Waals surface area contributed by atoms with E-state index in [9.17, 15) is 14.0 Å². The minimum absolute atomic E-state index is 0.0487. The first-order valence-corrected chi connectivity index (χ1v) is 6.57. The number of aromatic nitrogens is 2. The summed E-state index contributed by atoms with van der Waals surface area (Å²) in [7, 11) is 0. The van der Waals surface area contributed by atoms with Gasteiger partial charge in [0.15, 0.2) is 0 Å². The van der Waals surface area contributed by atoms with Gasteiger partial charge in [0.25, 0.3) is 0 Å². The van der Waals surface area contributed by atoms with Gasteiger partial charge in [-0.1, -0.05) is 23.7 Å². The first-order chi connectivity index (χ1) is 10.5. The second kappa shape index (κ2) is 5.23. The number of carbonyl (C=O) groups is 1. The Morgan fingerprint density at radius 2 is 1.95 bits per heavy atom. The number of hydrogen-bond acceptors (Lipinski definition) is 3. The van der Waals surface area contributed by atoms with Gasteiger partial charge in [-0.25, -0.2) is 14.2 Å². The molecule has 3 aromatic rings. The molecule has 0 aliphatic heterocycles. The SMILES string of the molecule is O=C(O)c1cn(-c2ccccc2F)c2nc(Cl)ccc2c1=O. The third kappa shape index (κ3) is 2.23. The van der Waals surface area contributed by atoms with E-state index in [0.717, 1.165) is 6.20 Å². The lowest BCUT2D eigenvalue weighted by molar-refractivity contribution is 0.0695. The number of carboxylic acid groups (broad SMARTS) is 1. The number of halogens is 2. The second-order valence-electron chi connectivity index (χ2n) is 4.50. The minimum Gasteiger partial charge on any atom is -0.477 e. The van der Waals surface area contributed by atoms with Crippen LogP contribution in [0, 0.1) is 5.82 Å². The van der Waals surface area contributed by atoms with Crippen LogP contribution in [0.1, 0.15) is 10.4 Å². The molecule has 0 unspecified atom stereocenters. The molecule has 0 radical (unpaired) electrons. The molecular weight excluding hydrogens is 311 g/mol. The van der Waals surface area contributed by atoms with Gasteiger partial charge in [0, 0.05) is 6.20 Å². The monoisotopic (exact) mass is 318 g/mol. The highest BCUT2D eigenvalue weighted by molar-refractivity contribution is 6.29. The summed E-state index contributed by atoms with van der Waals surface area (Å²) in [5.74, 6) is -1.97. The maximum atomic E-state index is 14.0. The number of benzene rings is 1. The maximum absolute atomic E-state index is 14.0. The van der Waals surface area contributed by atoms with Gasteiger partial charge in [-0.05, 0) is 24.3 Å². The highest BCUT2D eigenvalue weighted by atomic mass is 35.5. The lowest BCUT2D eigenvalue weighted by Crippen LogP contribution is -2.19. The van der Waals surface area contributed by atoms with E-state index in [0.29, 0.717) is 0 Å². The summed E-state index contributed by atoms with van der Waals surface area (Å²) in [5, 5.41) is 9.33. The Kier molecular flexibility index (Phi) is 3.38. The number of para-hydroxylation sites is 1. The van der Waals surface area contributed by atoms with E-state index in [1.807, 2.05) is 0 Å². The Morgan fingerprint density at radius 3 is 2.64 bits per heavy atom. The van der Waals surface area contributed by atoms with Gasteiger partial charge in [0.2, 0.25) is 5.43 Å². The summed E-state index contributed by atoms with van der Waals surface area (Å²) in [6.07, 6.45) is 1.05. The first kappa shape index (κ1) is 14.2. The van der Waals surface area contributed by atoms with E-state index in [4.69, 9.17) is 16.7 Å². The average Bonchev–Trinajstić information content (AvgIpc) is 2.48. The molecule has 0 aliphatic carbocycles. The number of aromatic carboxylic acids is 1. The number of pyridine rings is 2. The van der Waals surface area contributed by atoms with Crippen molar-refractivity contribution in [3.63, 3.8) is 0 Å². The normalized spacial score (nSPS) is 10.8. The summed E-state index contributed by atoms with van der Waals surface area (Å²) in [4.78, 5) is 27.4. The summed E-state index contributed by atoms with van der Waals surface area (Å²) in [5.41, 5.74) is -1.00.